The third-order valence-electron chi connectivity index (χ3n) is 15.6. The molecule has 0 aliphatic carbocycles. The van der Waals surface area contributed by atoms with Gasteiger partial charge in [-0.1, -0.05) is 89.0 Å². The molecular weight excluding hydrogens is 1500 g/mol. The van der Waals surface area contributed by atoms with E-state index in [-0.39, 0.29) is 48.6 Å². The highest BCUT2D eigenvalue weighted by Crippen LogP contribution is 2.28. The number of fused-ring (bicyclic) bond motifs is 20. The number of carboxylic acids is 3. The van der Waals surface area contributed by atoms with Gasteiger partial charge in [0, 0.05) is 67.2 Å². The molecule has 2 aromatic carbocycles. The molecule has 38 nitrogen and oxygen atoms in total. The summed E-state index contributed by atoms with van der Waals surface area (Å²) in [6.45, 7) is 2.26. The van der Waals surface area contributed by atoms with Crippen molar-refractivity contribution in [2.75, 3.05) is 47.6 Å². The minimum absolute atomic E-state index is 0.00937. The molecule has 4 bridgehead atoms. The van der Waals surface area contributed by atoms with Crippen LogP contribution in [0.25, 0.3) is 0 Å². The van der Waals surface area contributed by atoms with Gasteiger partial charge in [0.25, 0.3) is 5.97 Å². The summed E-state index contributed by atoms with van der Waals surface area (Å²) in [4.78, 5) is 236. The fraction of sp³-hybridized carbons (Fsp3) is 0.525. The van der Waals surface area contributed by atoms with E-state index >= 15 is 9.59 Å². The number of aliphatic hydroxyl groups is 1. The Labute approximate surface area is 623 Å². The number of nitrogens with two attached hydrogens (primary N) is 2. The molecule has 6 rings (SSSR count). The van der Waals surface area contributed by atoms with Crippen molar-refractivity contribution in [2.24, 2.45) is 11.5 Å². The van der Waals surface area contributed by atoms with Crippen LogP contribution in [0.4, 0.5) is 0 Å². The van der Waals surface area contributed by atoms with Crippen LogP contribution in [0.1, 0.15) is 64.0 Å². The minimum Gasteiger partial charge on any atom is -0.508 e. The van der Waals surface area contributed by atoms with E-state index in [1.54, 1.807) is 0 Å². The highest BCUT2D eigenvalue weighted by molar-refractivity contribution is 8.77. The fourth-order valence-electron chi connectivity index (χ4n) is 10.0. The first kappa shape index (κ1) is 86.7. The van der Waals surface area contributed by atoms with E-state index in [0.717, 1.165) is 83.5 Å². The number of carbonyl (C=O) groups is 17. The van der Waals surface area contributed by atoms with Gasteiger partial charge in [-0.15, -0.1) is 0 Å². The van der Waals surface area contributed by atoms with E-state index in [4.69, 9.17) is 21.4 Å². The van der Waals surface area contributed by atoms with Gasteiger partial charge < -0.3 is 111 Å². The van der Waals surface area contributed by atoms with Crippen LogP contribution in [-0.4, -0.2) is 268 Å². The van der Waals surface area contributed by atoms with Crippen LogP contribution in [0.3, 0.4) is 0 Å². The second kappa shape index (κ2) is 42.9. The number of carbonyl (C=O) groups excluding carboxylic acids is 14. The summed E-state index contributed by atoms with van der Waals surface area (Å²) >= 11 is 0. The number of hydrogen-bond donors (Lipinski definition) is 20. The number of benzene rings is 2. The molecule has 22 N–H and O–H groups in total. The third kappa shape index (κ3) is 29.1. The van der Waals surface area contributed by atoms with Crippen molar-refractivity contribution in [3.8, 4) is 11.5 Å². The molecule has 576 valence electrons. The molecule has 0 spiro atoms. The van der Waals surface area contributed by atoms with Crippen molar-refractivity contribution < 1.29 is 112 Å². The summed E-state index contributed by atoms with van der Waals surface area (Å²) in [5.74, 6) is -22.5. The highest BCUT2D eigenvalue weighted by Gasteiger charge is 2.42. The lowest BCUT2D eigenvalue weighted by atomic mass is 10.0. The highest BCUT2D eigenvalue weighted by atomic mass is 33.1. The van der Waals surface area contributed by atoms with Crippen LogP contribution in [0.15, 0.2) is 48.5 Å². The number of nitrogens with one attached hydrogen (secondary N) is 12. The number of aliphatic carboxylic acids is 3. The van der Waals surface area contributed by atoms with E-state index in [1.807, 2.05) is 0 Å². The maximum atomic E-state index is 15.1. The van der Waals surface area contributed by atoms with Crippen LogP contribution in [0.5, 0.6) is 11.5 Å². The number of hydrogen-bond acceptors (Lipinski definition) is 27. The lowest BCUT2D eigenvalue weighted by Gasteiger charge is -2.30. The Hall–Kier alpha value is -8.95. The summed E-state index contributed by atoms with van der Waals surface area (Å²) in [5, 5.41) is 87.9. The maximum Gasteiger partial charge on any atom is 0.326 e. The van der Waals surface area contributed by atoms with Gasteiger partial charge in [-0.2, -0.15) is 0 Å². The average molecular weight is 1590 g/mol. The molecule has 14 amide bonds. The number of primary amides is 1. The number of carboxylic acid groups (broad SMARTS) is 3. The Kier molecular flexibility index (Phi) is 35.4. The average Bonchev–Trinajstić information content (AvgIpc) is 1.74. The molecule has 4 aliphatic heterocycles. The lowest BCUT2D eigenvalue weighted by molar-refractivity contribution is -0.143. The fourth-order valence-corrected chi connectivity index (χ4v) is 17.0. The molecular formula is C61H83N15O23S6. The summed E-state index contributed by atoms with van der Waals surface area (Å²) in [5.41, 5.74) is 12.6. The summed E-state index contributed by atoms with van der Waals surface area (Å²) in [6, 6.07) is -11.7. The molecule has 4 heterocycles. The molecule has 14 atom stereocenters. The van der Waals surface area contributed by atoms with E-state index in [2.05, 4.69) is 63.8 Å². The van der Waals surface area contributed by atoms with Crippen LogP contribution in [-0.2, 0) is 94.3 Å². The van der Waals surface area contributed by atoms with Crippen molar-refractivity contribution in [1.82, 2.24) is 68.7 Å². The SMILES string of the molecule is CC(=O)O.CC1NC(=O)C2CCCN2C(=O)C(CC(N)=O)NC(=O)C2CSSCC(N)C(=O)NC3CSSCC(NC1=O)C(=O)NC(C(C)O)C(=O)NCC(=O)NC(C(=O)NC(Cc1ccc(O)cc1)C(=O)O)CSSCC(NC(=O)C(Cc1ccc(O)cc1)NC(=O)C(CCC(=O)O)NC3=O)C(=O)N2. The zero-order valence-corrected chi connectivity index (χ0v) is 61.4. The van der Waals surface area contributed by atoms with Crippen LogP contribution in [0, 0.1) is 0 Å². The van der Waals surface area contributed by atoms with Gasteiger partial charge in [0.1, 0.15) is 84.0 Å². The Bertz CT molecular complexity index is 3510. The quantitative estimate of drug-likeness (QED) is 0.0656. The number of aromatic hydroxyl groups is 2. The first-order valence-electron chi connectivity index (χ1n) is 32.2. The van der Waals surface area contributed by atoms with Crippen molar-refractivity contribution in [3.63, 3.8) is 0 Å². The zero-order valence-electron chi connectivity index (χ0n) is 56.5. The summed E-state index contributed by atoms with van der Waals surface area (Å²) in [6.07, 6.45) is -4.71. The molecule has 44 heteroatoms. The van der Waals surface area contributed by atoms with Crippen molar-refractivity contribution in [2.45, 2.75) is 150 Å². The minimum atomic E-state index is -1.93. The van der Waals surface area contributed by atoms with Crippen molar-refractivity contribution in [1.29, 1.82) is 0 Å². The molecule has 2 aromatic rings. The molecule has 4 fully saturated rings. The number of phenolic OH excluding ortho intramolecular Hbond substituents is 2. The molecule has 0 aromatic heterocycles. The van der Waals surface area contributed by atoms with Crippen molar-refractivity contribution in [3.05, 3.63) is 59.7 Å². The number of aliphatic hydroxyl groups excluding tert-OH is 1. The standard InChI is InChI=1S/C59H79N15O21S6.C2H4O2/c1-26-47(82)69-41-25-101-99-22-38-52(87)65-33(13-14-45(80)81)49(84)66-34(16-28-5-9-30(76)10-6-28)50(85)71-40(54(89)72-39(23-97-96-20-32(60)48(83)70-38)53(88)67-35(18-43(61)78)58(93)74-15-3-4-42(74)56(91)63-26)24-100-98-21-37(64-44(79)19-62-57(92)46(27(2)75)73-55(41)90)51(86)68-36(59(94)95)17-29-7-11-31(77)12-8-29;1-2(3)4/h5-12,26-27,32-42,46,75-77H,3-4,13-25,60H2,1-2H3,(H2,61,78)(H,62,92)(H,63,91)(H,64,79)(H,65,87)(H,66,84)(H,67,88)(H,68,86)(H,69,82)(H,70,83)(H,71,85)(H,72,89)(H,73,90)(H,80,81)(H,94,95);1H3,(H,3,4). The Morgan fingerprint density at radius 3 is 1.57 bits per heavy atom. The number of amides is 14. The van der Waals surface area contributed by atoms with E-state index in [9.17, 15) is 92.7 Å². The molecule has 4 aliphatic rings. The molecule has 0 saturated carbocycles. The van der Waals surface area contributed by atoms with E-state index in [1.165, 1.54) is 55.5 Å². The van der Waals surface area contributed by atoms with Crippen molar-refractivity contribution >= 4 is 165 Å². The van der Waals surface area contributed by atoms with Crippen LogP contribution < -0.4 is 75.3 Å². The second-order valence-corrected chi connectivity index (χ2v) is 31.6. The van der Waals surface area contributed by atoms with Gasteiger partial charge in [0.05, 0.1) is 25.1 Å². The van der Waals surface area contributed by atoms with Crippen LogP contribution in [0.2, 0.25) is 0 Å². The maximum absolute atomic E-state index is 15.1. The Morgan fingerprint density at radius 2 is 1.04 bits per heavy atom. The van der Waals surface area contributed by atoms with Crippen LogP contribution >= 0.6 is 64.8 Å². The Balaban J connectivity index is 0.00000482. The first-order chi connectivity index (χ1) is 49.6. The zero-order chi connectivity index (χ0) is 77.8. The number of nitrogens with zero attached hydrogens (tertiary/aromatic N) is 1. The molecule has 14 unspecified atom stereocenters. The predicted octanol–water partition coefficient (Wildman–Crippen LogP) is -5.85. The predicted molar refractivity (Wildman–Crippen MR) is 384 cm³/mol. The first-order valence-corrected chi connectivity index (χ1v) is 39.6. The molecule has 4 saturated heterocycles. The van der Waals surface area contributed by atoms with Gasteiger partial charge in [0.15, 0.2) is 0 Å². The van der Waals surface area contributed by atoms with Gasteiger partial charge in [-0.05, 0) is 68.5 Å². The number of phenols is 2. The largest absolute Gasteiger partial charge is 0.508 e. The van der Waals surface area contributed by atoms with E-state index < -0.39 is 246 Å². The smallest absolute Gasteiger partial charge is 0.326 e. The van der Waals surface area contributed by atoms with Gasteiger partial charge in [-0.3, -0.25) is 76.7 Å². The van der Waals surface area contributed by atoms with E-state index in [0.29, 0.717) is 5.56 Å². The monoisotopic (exact) mass is 1590 g/mol. The Morgan fingerprint density at radius 1 is 0.571 bits per heavy atom. The second-order valence-electron chi connectivity index (χ2n) is 24.0. The van der Waals surface area contributed by atoms with Gasteiger partial charge in [-0.25, -0.2) is 4.79 Å². The molecule has 0 radical (unpaired) electrons. The normalized spacial score (nSPS) is 26.5. The summed E-state index contributed by atoms with van der Waals surface area (Å²) < 4.78 is 0. The number of rotatable bonds is 13. The summed E-state index contributed by atoms with van der Waals surface area (Å²) in [7, 11) is 4.74. The van der Waals surface area contributed by atoms with Gasteiger partial charge >= 0.3 is 11.9 Å². The van der Waals surface area contributed by atoms with Gasteiger partial charge in [0.2, 0.25) is 82.7 Å². The topological polar surface area (TPSA) is 611 Å². The third-order valence-corrected chi connectivity index (χ3v) is 22.9. The lowest BCUT2D eigenvalue weighted by Crippen LogP contribution is -2.61. The molecule has 105 heavy (non-hydrogen) atoms.